The van der Waals surface area contributed by atoms with Gasteiger partial charge in [0.15, 0.2) is 23.1 Å². The van der Waals surface area contributed by atoms with Gasteiger partial charge in [0.05, 0.1) is 25.8 Å². The van der Waals surface area contributed by atoms with Crippen molar-refractivity contribution in [2.45, 2.75) is 6.42 Å². The van der Waals surface area contributed by atoms with Crippen LogP contribution in [0.25, 0.3) is 10.9 Å². The van der Waals surface area contributed by atoms with E-state index in [0.29, 0.717) is 47.7 Å². The molecule has 3 aromatic rings. The molecule has 0 atom stereocenters. The molecule has 1 aromatic heterocycles. The number of hydroxylamine groups is 1. The van der Waals surface area contributed by atoms with E-state index in [1.807, 2.05) is 0 Å². The van der Waals surface area contributed by atoms with Crippen LogP contribution in [-0.4, -0.2) is 42.9 Å². The average Bonchev–Trinajstić information content (AvgIpc) is 2.77. The molecule has 0 saturated carbocycles. The van der Waals surface area contributed by atoms with Crippen molar-refractivity contribution in [2.75, 3.05) is 26.8 Å². The van der Waals surface area contributed by atoms with Crippen LogP contribution < -0.4 is 25.0 Å². The van der Waals surface area contributed by atoms with Crippen LogP contribution in [0.4, 0.5) is 4.39 Å². The highest BCUT2D eigenvalue weighted by Crippen LogP contribution is 2.37. The summed E-state index contributed by atoms with van der Waals surface area (Å²) in [4.78, 5) is 15.3. The molecular weight excluding hydrogens is 393 g/mol. The van der Waals surface area contributed by atoms with Gasteiger partial charge in [0.1, 0.15) is 5.75 Å². The Hall–Kier alpha value is -3.43. The Bertz CT molecular complexity index is 1020. The lowest BCUT2D eigenvalue weighted by Crippen LogP contribution is -2.32. The molecule has 0 aliphatic rings. The SMILES string of the molecule is COc1cc2nccc(Oc3ccccc3F)c2cc1OCCCNCC(=O)NO. The first kappa shape index (κ1) is 21.3. The molecule has 0 bridgehead atoms. The smallest absolute Gasteiger partial charge is 0.257 e. The minimum Gasteiger partial charge on any atom is -0.493 e. The number of ether oxygens (including phenoxy) is 3. The number of pyridine rings is 1. The van der Waals surface area contributed by atoms with Crippen molar-refractivity contribution in [1.82, 2.24) is 15.8 Å². The largest absolute Gasteiger partial charge is 0.493 e. The average molecular weight is 415 g/mol. The first-order chi connectivity index (χ1) is 14.6. The monoisotopic (exact) mass is 415 g/mol. The molecule has 3 rings (SSSR count). The fraction of sp³-hybridized carbons (Fsp3) is 0.238. The second-order valence-corrected chi connectivity index (χ2v) is 6.28. The lowest BCUT2D eigenvalue weighted by molar-refractivity contribution is -0.128. The molecule has 1 amide bonds. The number of amides is 1. The number of para-hydroxylation sites is 1. The van der Waals surface area contributed by atoms with E-state index in [-0.39, 0.29) is 12.3 Å². The molecule has 0 unspecified atom stereocenters. The summed E-state index contributed by atoms with van der Waals surface area (Å²) < 4.78 is 31.0. The Morgan fingerprint density at radius 2 is 1.97 bits per heavy atom. The fourth-order valence-electron chi connectivity index (χ4n) is 2.76. The van der Waals surface area contributed by atoms with Gasteiger partial charge in [0.2, 0.25) is 0 Å². The van der Waals surface area contributed by atoms with Crippen molar-refractivity contribution in [1.29, 1.82) is 0 Å². The Labute approximate surface area is 172 Å². The minimum atomic E-state index is -0.512. The zero-order valence-corrected chi connectivity index (χ0v) is 16.4. The quantitative estimate of drug-likeness (QED) is 0.266. The maximum atomic E-state index is 14.0. The van der Waals surface area contributed by atoms with E-state index in [9.17, 15) is 9.18 Å². The number of benzene rings is 2. The zero-order valence-electron chi connectivity index (χ0n) is 16.4. The molecule has 8 nitrogen and oxygen atoms in total. The van der Waals surface area contributed by atoms with Gasteiger partial charge in [-0.25, -0.2) is 9.87 Å². The second kappa shape index (κ2) is 10.4. The van der Waals surface area contributed by atoms with Gasteiger partial charge in [-0.05, 0) is 37.2 Å². The summed E-state index contributed by atoms with van der Waals surface area (Å²) in [7, 11) is 1.53. The summed E-state index contributed by atoms with van der Waals surface area (Å²) >= 11 is 0. The number of halogens is 1. The van der Waals surface area contributed by atoms with Crippen LogP contribution in [0.2, 0.25) is 0 Å². The van der Waals surface area contributed by atoms with Gasteiger partial charge < -0.3 is 19.5 Å². The van der Waals surface area contributed by atoms with Crippen molar-refractivity contribution in [2.24, 2.45) is 0 Å². The van der Waals surface area contributed by atoms with E-state index >= 15 is 0 Å². The van der Waals surface area contributed by atoms with E-state index in [1.54, 1.807) is 48.1 Å². The third kappa shape index (κ3) is 5.34. The Kier molecular flexibility index (Phi) is 7.36. The van der Waals surface area contributed by atoms with Crippen molar-refractivity contribution in [3.05, 3.63) is 54.5 Å². The number of hydrogen-bond acceptors (Lipinski definition) is 7. The first-order valence-electron chi connectivity index (χ1n) is 9.28. The second-order valence-electron chi connectivity index (χ2n) is 6.28. The van der Waals surface area contributed by atoms with Crippen molar-refractivity contribution in [3.8, 4) is 23.0 Å². The number of carbonyl (C=O) groups excluding carboxylic acids is 1. The predicted molar refractivity (Wildman–Crippen MR) is 108 cm³/mol. The molecule has 30 heavy (non-hydrogen) atoms. The number of methoxy groups -OCH3 is 1. The summed E-state index contributed by atoms with van der Waals surface area (Å²) in [6.07, 6.45) is 2.19. The fourth-order valence-corrected chi connectivity index (χ4v) is 2.76. The van der Waals surface area contributed by atoms with Gasteiger partial charge >= 0.3 is 0 Å². The number of rotatable bonds is 10. The van der Waals surface area contributed by atoms with Crippen molar-refractivity contribution >= 4 is 16.8 Å². The van der Waals surface area contributed by atoms with E-state index in [1.165, 1.54) is 13.2 Å². The number of fused-ring (bicyclic) bond motifs is 1. The highest BCUT2D eigenvalue weighted by atomic mass is 19.1. The van der Waals surface area contributed by atoms with Crippen LogP contribution >= 0.6 is 0 Å². The van der Waals surface area contributed by atoms with E-state index in [4.69, 9.17) is 19.4 Å². The van der Waals surface area contributed by atoms with E-state index < -0.39 is 11.7 Å². The molecule has 0 aliphatic heterocycles. The van der Waals surface area contributed by atoms with Gasteiger partial charge in [0.25, 0.3) is 5.91 Å². The van der Waals surface area contributed by atoms with Gasteiger partial charge in [-0.3, -0.25) is 15.0 Å². The molecule has 2 aromatic carbocycles. The van der Waals surface area contributed by atoms with Gasteiger partial charge in [-0.1, -0.05) is 12.1 Å². The van der Waals surface area contributed by atoms with E-state index in [2.05, 4.69) is 10.3 Å². The van der Waals surface area contributed by atoms with Crippen LogP contribution in [0, 0.1) is 5.82 Å². The van der Waals surface area contributed by atoms with Crippen LogP contribution in [0.15, 0.2) is 48.7 Å². The van der Waals surface area contributed by atoms with Crippen LogP contribution in [0.1, 0.15) is 6.42 Å². The first-order valence-corrected chi connectivity index (χ1v) is 9.28. The molecular formula is C21H22FN3O5. The number of hydrogen-bond donors (Lipinski definition) is 3. The van der Waals surface area contributed by atoms with Crippen LogP contribution in [-0.2, 0) is 4.79 Å². The maximum Gasteiger partial charge on any atom is 0.257 e. The Morgan fingerprint density at radius 3 is 2.73 bits per heavy atom. The van der Waals surface area contributed by atoms with Crippen molar-refractivity contribution in [3.63, 3.8) is 0 Å². The highest BCUT2D eigenvalue weighted by Gasteiger charge is 2.13. The summed E-state index contributed by atoms with van der Waals surface area (Å²) in [5, 5.41) is 12.0. The number of aromatic nitrogens is 1. The minimum absolute atomic E-state index is 0.0121. The molecule has 0 spiro atoms. The van der Waals surface area contributed by atoms with E-state index in [0.717, 1.165) is 0 Å². The van der Waals surface area contributed by atoms with Gasteiger partial charge in [-0.15, -0.1) is 0 Å². The third-order valence-corrected chi connectivity index (χ3v) is 4.21. The van der Waals surface area contributed by atoms with Gasteiger partial charge in [-0.2, -0.15) is 0 Å². The normalized spacial score (nSPS) is 10.6. The molecule has 9 heteroatoms. The molecule has 158 valence electrons. The van der Waals surface area contributed by atoms with Crippen LogP contribution in [0.3, 0.4) is 0 Å². The maximum absolute atomic E-state index is 14.0. The predicted octanol–water partition coefficient (Wildman–Crippen LogP) is 3.04. The van der Waals surface area contributed by atoms with Crippen molar-refractivity contribution < 1.29 is 28.6 Å². The summed E-state index contributed by atoms with van der Waals surface area (Å²) in [6, 6.07) is 11.3. The molecule has 1 heterocycles. The Morgan fingerprint density at radius 1 is 1.13 bits per heavy atom. The van der Waals surface area contributed by atoms with Crippen LogP contribution in [0.5, 0.6) is 23.0 Å². The summed E-state index contributed by atoms with van der Waals surface area (Å²) in [5.74, 6) is 0.572. The highest BCUT2D eigenvalue weighted by molar-refractivity contribution is 5.88. The molecule has 0 fully saturated rings. The molecule has 0 radical (unpaired) electrons. The Balaban J connectivity index is 1.74. The number of nitrogens with zero attached hydrogens (tertiary/aromatic N) is 1. The summed E-state index contributed by atoms with van der Waals surface area (Å²) in [5.41, 5.74) is 2.16. The number of nitrogens with one attached hydrogen (secondary N) is 2. The number of carbonyl (C=O) groups is 1. The van der Waals surface area contributed by atoms with Gasteiger partial charge in [0, 0.05) is 17.6 Å². The standard InChI is InChI=1S/C21H22FN3O5/c1-28-19-12-16-14(11-20(19)29-10-4-8-23-13-21(26)25-27)17(7-9-24-16)30-18-6-3-2-5-15(18)22/h2-3,5-7,9,11-12,23,27H,4,8,10,13H2,1H3,(H,25,26). The summed E-state index contributed by atoms with van der Waals surface area (Å²) in [6.45, 7) is 0.893. The molecule has 0 aliphatic carbocycles. The zero-order chi connectivity index (χ0) is 21.3. The third-order valence-electron chi connectivity index (χ3n) is 4.21. The lowest BCUT2D eigenvalue weighted by Gasteiger charge is -2.14. The molecule has 0 saturated heterocycles. The topological polar surface area (TPSA) is 102 Å². The molecule has 3 N–H and O–H groups in total. The lowest BCUT2D eigenvalue weighted by atomic mass is 10.1.